The SMILES string of the molecule is Cc1ccc(F)cc1S(=O)(=O)Nc1c(F)cncc1Cl. The molecule has 0 saturated heterocycles. The molecule has 1 heterocycles. The van der Waals surface area contributed by atoms with Crippen LogP contribution in [0.2, 0.25) is 5.02 Å². The van der Waals surface area contributed by atoms with Crippen LogP contribution in [0.15, 0.2) is 35.5 Å². The summed E-state index contributed by atoms with van der Waals surface area (Å²) in [7, 11) is -4.15. The third kappa shape index (κ3) is 2.88. The van der Waals surface area contributed by atoms with E-state index >= 15 is 0 Å². The van der Waals surface area contributed by atoms with Gasteiger partial charge in [-0.25, -0.2) is 17.2 Å². The Morgan fingerprint density at radius 1 is 1.25 bits per heavy atom. The predicted molar refractivity (Wildman–Crippen MR) is 71.2 cm³/mol. The van der Waals surface area contributed by atoms with Gasteiger partial charge in [0.2, 0.25) is 0 Å². The van der Waals surface area contributed by atoms with Gasteiger partial charge in [-0.2, -0.15) is 0 Å². The van der Waals surface area contributed by atoms with E-state index in [9.17, 15) is 17.2 Å². The number of aryl methyl sites for hydroxylation is 1. The quantitative estimate of drug-likeness (QED) is 0.946. The molecule has 0 aliphatic heterocycles. The molecule has 2 rings (SSSR count). The van der Waals surface area contributed by atoms with Gasteiger partial charge < -0.3 is 0 Å². The Morgan fingerprint density at radius 3 is 2.60 bits per heavy atom. The maximum Gasteiger partial charge on any atom is 0.262 e. The smallest absolute Gasteiger partial charge is 0.262 e. The molecule has 106 valence electrons. The Labute approximate surface area is 119 Å². The molecule has 0 aliphatic carbocycles. The summed E-state index contributed by atoms with van der Waals surface area (Å²) in [5, 5.41) is -0.192. The van der Waals surface area contributed by atoms with E-state index in [4.69, 9.17) is 11.6 Å². The third-order valence-corrected chi connectivity index (χ3v) is 4.31. The molecule has 0 atom stereocenters. The second-order valence-corrected chi connectivity index (χ2v) is 6.05. The van der Waals surface area contributed by atoms with Crippen molar-refractivity contribution in [3.8, 4) is 0 Å². The molecule has 0 radical (unpaired) electrons. The third-order valence-electron chi connectivity index (χ3n) is 2.53. The molecule has 1 aromatic heterocycles. The Balaban J connectivity index is 2.49. The lowest BCUT2D eigenvalue weighted by atomic mass is 10.2. The van der Waals surface area contributed by atoms with E-state index in [1.807, 2.05) is 4.72 Å². The molecule has 20 heavy (non-hydrogen) atoms. The molecule has 0 aliphatic rings. The van der Waals surface area contributed by atoms with E-state index in [0.717, 1.165) is 24.5 Å². The van der Waals surface area contributed by atoms with Crippen molar-refractivity contribution >= 4 is 27.3 Å². The Kier molecular flexibility index (Phi) is 3.92. The number of hydrogen-bond donors (Lipinski definition) is 1. The Morgan fingerprint density at radius 2 is 1.95 bits per heavy atom. The number of aromatic nitrogens is 1. The number of pyridine rings is 1. The number of halogens is 3. The van der Waals surface area contributed by atoms with Crippen LogP contribution in [0.5, 0.6) is 0 Å². The van der Waals surface area contributed by atoms with E-state index in [0.29, 0.717) is 5.56 Å². The van der Waals surface area contributed by atoms with Crippen LogP contribution in [0.4, 0.5) is 14.5 Å². The summed E-state index contributed by atoms with van der Waals surface area (Å²) in [5.74, 6) is -1.63. The van der Waals surface area contributed by atoms with E-state index in [-0.39, 0.29) is 9.92 Å². The maximum atomic E-state index is 13.5. The molecule has 1 aromatic carbocycles. The first-order valence-electron chi connectivity index (χ1n) is 5.39. The average molecular weight is 319 g/mol. The second kappa shape index (κ2) is 5.34. The molecule has 0 bridgehead atoms. The van der Waals surface area contributed by atoms with Crippen molar-refractivity contribution in [2.75, 3.05) is 4.72 Å². The fourth-order valence-corrected chi connectivity index (χ4v) is 3.16. The van der Waals surface area contributed by atoms with Crippen LogP contribution in [0.1, 0.15) is 5.56 Å². The summed E-state index contributed by atoms with van der Waals surface area (Å²) in [6.07, 6.45) is 1.92. The summed E-state index contributed by atoms with van der Waals surface area (Å²) in [6.45, 7) is 1.50. The van der Waals surface area contributed by atoms with Gasteiger partial charge >= 0.3 is 0 Å². The highest BCUT2D eigenvalue weighted by Crippen LogP contribution is 2.27. The first-order chi connectivity index (χ1) is 9.31. The molecule has 1 N–H and O–H groups in total. The Bertz CT molecular complexity index is 746. The highest BCUT2D eigenvalue weighted by Gasteiger charge is 2.21. The molecule has 0 unspecified atom stereocenters. The number of benzene rings is 1. The lowest BCUT2D eigenvalue weighted by Gasteiger charge is -2.12. The number of nitrogens with zero attached hydrogens (tertiary/aromatic N) is 1. The molecule has 0 spiro atoms. The normalized spacial score (nSPS) is 11.4. The zero-order chi connectivity index (χ0) is 14.9. The zero-order valence-corrected chi connectivity index (χ0v) is 11.8. The summed E-state index contributed by atoms with van der Waals surface area (Å²) < 4.78 is 53.0. The molecular weight excluding hydrogens is 310 g/mol. The molecule has 2 aromatic rings. The van der Waals surface area contributed by atoms with Gasteiger partial charge in [0.25, 0.3) is 10.0 Å². The summed E-state index contributed by atoms with van der Waals surface area (Å²) in [4.78, 5) is 3.19. The largest absolute Gasteiger partial charge is 0.275 e. The number of anilines is 1. The number of rotatable bonds is 3. The standard InChI is InChI=1S/C12H9ClF2N2O2S/c1-7-2-3-8(14)4-11(7)20(18,19)17-12-9(13)5-16-6-10(12)15/h2-6H,1H3,(H,16,17). The van der Waals surface area contributed by atoms with E-state index in [1.54, 1.807) is 0 Å². The monoisotopic (exact) mass is 318 g/mol. The molecular formula is C12H9ClF2N2O2S. The summed E-state index contributed by atoms with van der Waals surface area (Å²) in [5.41, 5.74) is -0.102. The van der Waals surface area contributed by atoms with Crippen LogP contribution in [0.3, 0.4) is 0 Å². The van der Waals surface area contributed by atoms with Gasteiger partial charge in [0.15, 0.2) is 5.82 Å². The lowest BCUT2D eigenvalue weighted by Crippen LogP contribution is -2.16. The van der Waals surface area contributed by atoms with Gasteiger partial charge in [0.05, 0.1) is 16.1 Å². The molecule has 8 heteroatoms. The fraction of sp³-hybridized carbons (Fsp3) is 0.0833. The van der Waals surface area contributed by atoms with Crippen molar-refractivity contribution in [1.29, 1.82) is 0 Å². The van der Waals surface area contributed by atoms with Crippen LogP contribution in [0.25, 0.3) is 0 Å². The van der Waals surface area contributed by atoms with Crippen molar-refractivity contribution in [3.05, 3.63) is 52.8 Å². The van der Waals surface area contributed by atoms with Gasteiger partial charge in [-0.1, -0.05) is 17.7 Å². The fourth-order valence-electron chi connectivity index (χ4n) is 1.56. The molecule has 0 saturated carbocycles. The molecule has 4 nitrogen and oxygen atoms in total. The lowest BCUT2D eigenvalue weighted by molar-refractivity contribution is 0.592. The zero-order valence-electron chi connectivity index (χ0n) is 10.2. The van der Waals surface area contributed by atoms with Gasteiger partial charge in [0, 0.05) is 6.20 Å². The highest BCUT2D eigenvalue weighted by molar-refractivity contribution is 7.92. The first kappa shape index (κ1) is 14.7. The van der Waals surface area contributed by atoms with Crippen LogP contribution >= 0.6 is 11.6 Å². The summed E-state index contributed by atoms with van der Waals surface area (Å²) in [6, 6.07) is 3.30. The van der Waals surface area contributed by atoms with Crippen molar-refractivity contribution in [2.45, 2.75) is 11.8 Å². The first-order valence-corrected chi connectivity index (χ1v) is 7.25. The number of sulfonamides is 1. The molecule has 0 fully saturated rings. The van der Waals surface area contributed by atoms with E-state index < -0.39 is 27.3 Å². The number of nitrogens with one attached hydrogen (secondary N) is 1. The summed E-state index contributed by atoms with van der Waals surface area (Å²) >= 11 is 5.69. The van der Waals surface area contributed by atoms with Crippen LogP contribution in [-0.4, -0.2) is 13.4 Å². The maximum absolute atomic E-state index is 13.5. The highest BCUT2D eigenvalue weighted by atomic mass is 35.5. The minimum Gasteiger partial charge on any atom is -0.275 e. The number of hydrogen-bond acceptors (Lipinski definition) is 3. The minimum atomic E-state index is -4.15. The Hall–Kier alpha value is -1.73. The van der Waals surface area contributed by atoms with Crippen molar-refractivity contribution in [1.82, 2.24) is 4.98 Å². The van der Waals surface area contributed by atoms with E-state index in [2.05, 4.69) is 4.98 Å². The van der Waals surface area contributed by atoms with Gasteiger partial charge in [-0.3, -0.25) is 9.71 Å². The molecule has 0 amide bonds. The average Bonchev–Trinajstić information content (AvgIpc) is 2.37. The van der Waals surface area contributed by atoms with Gasteiger partial charge in [0.1, 0.15) is 11.5 Å². The van der Waals surface area contributed by atoms with Gasteiger partial charge in [-0.05, 0) is 24.6 Å². The van der Waals surface area contributed by atoms with Crippen LogP contribution in [0, 0.1) is 18.6 Å². The van der Waals surface area contributed by atoms with E-state index in [1.165, 1.54) is 13.0 Å². The van der Waals surface area contributed by atoms with Crippen LogP contribution < -0.4 is 4.72 Å². The minimum absolute atomic E-state index is 0.192. The van der Waals surface area contributed by atoms with Gasteiger partial charge in [-0.15, -0.1) is 0 Å². The topological polar surface area (TPSA) is 59.1 Å². The van der Waals surface area contributed by atoms with Crippen molar-refractivity contribution in [2.24, 2.45) is 0 Å². The second-order valence-electron chi connectivity index (χ2n) is 3.99. The predicted octanol–water partition coefficient (Wildman–Crippen LogP) is 3.12. The van der Waals surface area contributed by atoms with Crippen molar-refractivity contribution in [3.63, 3.8) is 0 Å². The van der Waals surface area contributed by atoms with Crippen molar-refractivity contribution < 1.29 is 17.2 Å². The van der Waals surface area contributed by atoms with Crippen LogP contribution in [-0.2, 0) is 10.0 Å².